The van der Waals surface area contributed by atoms with Gasteiger partial charge in [-0.15, -0.1) is 0 Å². The molecule has 2 aliphatic rings. The molecule has 1 aliphatic carbocycles. The molecule has 0 radical (unpaired) electrons. The minimum Gasteiger partial charge on any atom is -0.465 e. The highest BCUT2D eigenvalue weighted by atomic mass is 16.4. The summed E-state index contributed by atoms with van der Waals surface area (Å²) in [6, 6.07) is 0.410. The SMILES string of the molecule is C[C@@H]1CN(C(=O)O)CC(=O)N1C1CC1. The molecule has 1 N–H and O–H groups in total. The number of carbonyl (C=O) groups is 2. The van der Waals surface area contributed by atoms with E-state index < -0.39 is 6.09 Å². The Kier molecular flexibility index (Phi) is 2.09. The highest BCUT2D eigenvalue weighted by molar-refractivity contribution is 5.84. The number of hydrogen-bond donors (Lipinski definition) is 1. The van der Waals surface area contributed by atoms with E-state index in [9.17, 15) is 9.59 Å². The Morgan fingerprint density at radius 2 is 2.14 bits per heavy atom. The van der Waals surface area contributed by atoms with Crippen molar-refractivity contribution in [1.29, 1.82) is 0 Å². The second kappa shape index (κ2) is 3.15. The summed E-state index contributed by atoms with van der Waals surface area (Å²) >= 11 is 0. The van der Waals surface area contributed by atoms with Crippen molar-refractivity contribution in [3.05, 3.63) is 0 Å². The topological polar surface area (TPSA) is 60.9 Å². The van der Waals surface area contributed by atoms with Crippen LogP contribution >= 0.6 is 0 Å². The first-order valence-electron chi connectivity index (χ1n) is 4.88. The molecule has 1 aliphatic heterocycles. The molecule has 1 saturated heterocycles. The van der Waals surface area contributed by atoms with E-state index in [4.69, 9.17) is 5.11 Å². The van der Waals surface area contributed by atoms with E-state index >= 15 is 0 Å². The molecule has 2 rings (SSSR count). The summed E-state index contributed by atoms with van der Waals surface area (Å²) in [4.78, 5) is 25.3. The summed E-state index contributed by atoms with van der Waals surface area (Å²) in [7, 11) is 0. The average molecular weight is 198 g/mol. The van der Waals surface area contributed by atoms with Crippen molar-refractivity contribution >= 4 is 12.0 Å². The first-order valence-corrected chi connectivity index (χ1v) is 4.88. The fraction of sp³-hybridized carbons (Fsp3) is 0.778. The van der Waals surface area contributed by atoms with Crippen molar-refractivity contribution in [3.8, 4) is 0 Å². The monoisotopic (exact) mass is 198 g/mol. The molecule has 2 fully saturated rings. The standard InChI is InChI=1S/C9H14N2O3/c1-6-4-10(9(13)14)5-8(12)11(6)7-2-3-7/h6-7H,2-5H2,1H3,(H,13,14)/t6-/m1/s1. The maximum atomic E-state index is 11.6. The van der Waals surface area contributed by atoms with E-state index in [1.165, 1.54) is 4.90 Å². The van der Waals surface area contributed by atoms with Gasteiger partial charge in [0.1, 0.15) is 6.54 Å². The lowest BCUT2D eigenvalue weighted by Gasteiger charge is -2.38. The van der Waals surface area contributed by atoms with Crippen molar-refractivity contribution in [2.45, 2.75) is 31.8 Å². The number of hydrogen-bond acceptors (Lipinski definition) is 2. The fourth-order valence-corrected chi connectivity index (χ4v) is 2.02. The lowest BCUT2D eigenvalue weighted by atomic mass is 10.2. The minimum atomic E-state index is -0.999. The van der Waals surface area contributed by atoms with Gasteiger partial charge in [-0.25, -0.2) is 4.79 Å². The number of nitrogens with zero attached hydrogens (tertiary/aromatic N) is 2. The zero-order chi connectivity index (χ0) is 10.3. The normalized spacial score (nSPS) is 28.1. The van der Waals surface area contributed by atoms with Crippen molar-refractivity contribution in [3.63, 3.8) is 0 Å². The van der Waals surface area contributed by atoms with Crippen LogP contribution in [0.2, 0.25) is 0 Å². The molecular formula is C9H14N2O3. The van der Waals surface area contributed by atoms with Gasteiger partial charge in [-0.1, -0.05) is 0 Å². The van der Waals surface area contributed by atoms with Crippen LogP contribution in [0.4, 0.5) is 4.79 Å². The van der Waals surface area contributed by atoms with Gasteiger partial charge in [-0.2, -0.15) is 0 Å². The molecule has 1 heterocycles. The number of amides is 2. The van der Waals surface area contributed by atoms with Crippen molar-refractivity contribution < 1.29 is 14.7 Å². The third-order valence-corrected chi connectivity index (χ3v) is 2.78. The maximum absolute atomic E-state index is 11.6. The van der Waals surface area contributed by atoms with Crippen molar-refractivity contribution in [2.75, 3.05) is 13.1 Å². The summed E-state index contributed by atoms with van der Waals surface area (Å²) in [5, 5.41) is 8.77. The summed E-state index contributed by atoms with van der Waals surface area (Å²) in [6.45, 7) is 2.37. The zero-order valence-corrected chi connectivity index (χ0v) is 8.14. The van der Waals surface area contributed by atoms with E-state index in [0.29, 0.717) is 12.6 Å². The third kappa shape index (κ3) is 1.54. The second-order valence-electron chi connectivity index (χ2n) is 4.04. The van der Waals surface area contributed by atoms with Gasteiger partial charge in [0.25, 0.3) is 0 Å². The molecule has 0 aromatic rings. The molecule has 1 atom stereocenters. The summed E-state index contributed by atoms with van der Waals surface area (Å²) in [6.07, 6.45) is 1.15. The number of carbonyl (C=O) groups excluding carboxylic acids is 1. The predicted octanol–water partition coefficient (Wildman–Crippen LogP) is 0.359. The first-order chi connectivity index (χ1) is 6.59. The van der Waals surface area contributed by atoms with Crippen molar-refractivity contribution in [1.82, 2.24) is 9.80 Å². The van der Waals surface area contributed by atoms with E-state index in [0.717, 1.165) is 12.8 Å². The van der Waals surface area contributed by atoms with Crippen LogP contribution in [0.3, 0.4) is 0 Å². The molecule has 0 aromatic carbocycles. The Morgan fingerprint density at radius 1 is 1.50 bits per heavy atom. The van der Waals surface area contributed by atoms with Gasteiger partial charge in [-0.05, 0) is 19.8 Å². The largest absolute Gasteiger partial charge is 0.465 e. The van der Waals surface area contributed by atoms with Crippen LogP contribution in [-0.4, -0.2) is 52.1 Å². The molecule has 0 aromatic heterocycles. The molecule has 1 saturated carbocycles. The number of piperazine rings is 1. The van der Waals surface area contributed by atoms with Gasteiger partial charge in [0, 0.05) is 18.6 Å². The maximum Gasteiger partial charge on any atom is 0.407 e. The Hall–Kier alpha value is -1.26. The Morgan fingerprint density at radius 3 is 2.57 bits per heavy atom. The Balaban J connectivity index is 2.05. The molecule has 0 bridgehead atoms. The van der Waals surface area contributed by atoms with Gasteiger partial charge in [0.05, 0.1) is 0 Å². The minimum absolute atomic E-state index is 0.0240. The predicted molar refractivity (Wildman–Crippen MR) is 48.9 cm³/mol. The first kappa shape index (κ1) is 9.30. The van der Waals surface area contributed by atoms with Gasteiger partial charge < -0.3 is 10.0 Å². The molecule has 0 unspecified atom stereocenters. The van der Waals surface area contributed by atoms with Crippen LogP contribution in [0.25, 0.3) is 0 Å². The smallest absolute Gasteiger partial charge is 0.407 e. The van der Waals surface area contributed by atoms with Gasteiger partial charge >= 0.3 is 6.09 Å². The van der Waals surface area contributed by atoms with E-state index in [2.05, 4.69) is 0 Å². The summed E-state index contributed by atoms with van der Waals surface area (Å²) in [5.41, 5.74) is 0. The molecule has 5 nitrogen and oxygen atoms in total. The Bertz CT molecular complexity index is 275. The van der Waals surface area contributed by atoms with Gasteiger partial charge in [-0.3, -0.25) is 9.69 Å². The van der Waals surface area contributed by atoms with E-state index in [1.54, 1.807) is 0 Å². The fourth-order valence-electron chi connectivity index (χ4n) is 2.02. The highest BCUT2D eigenvalue weighted by Crippen LogP contribution is 2.30. The molecule has 0 spiro atoms. The van der Waals surface area contributed by atoms with Crippen LogP contribution in [-0.2, 0) is 4.79 Å². The van der Waals surface area contributed by atoms with Gasteiger partial charge in [0.2, 0.25) is 5.91 Å². The van der Waals surface area contributed by atoms with Crippen LogP contribution in [0.15, 0.2) is 0 Å². The molecule has 2 amide bonds. The molecular weight excluding hydrogens is 184 g/mol. The quantitative estimate of drug-likeness (QED) is 0.661. The average Bonchev–Trinajstić information content (AvgIpc) is 2.86. The van der Waals surface area contributed by atoms with Crippen LogP contribution < -0.4 is 0 Å². The lowest BCUT2D eigenvalue weighted by molar-refractivity contribution is -0.139. The van der Waals surface area contributed by atoms with Crippen molar-refractivity contribution in [2.24, 2.45) is 0 Å². The van der Waals surface area contributed by atoms with E-state index in [-0.39, 0.29) is 18.5 Å². The lowest BCUT2D eigenvalue weighted by Crippen LogP contribution is -2.57. The summed E-state index contributed by atoms with van der Waals surface area (Å²) in [5.74, 6) is -0.0475. The molecule has 5 heteroatoms. The third-order valence-electron chi connectivity index (χ3n) is 2.78. The summed E-state index contributed by atoms with van der Waals surface area (Å²) < 4.78 is 0. The highest BCUT2D eigenvalue weighted by Gasteiger charge is 2.40. The van der Waals surface area contributed by atoms with E-state index in [1.807, 2.05) is 11.8 Å². The van der Waals surface area contributed by atoms with Gasteiger partial charge in [0.15, 0.2) is 0 Å². The molecule has 14 heavy (non-hydrogen) atoms. The number of rotatable bonds is 1. The van der Waals surface area contributed by atoms with Crippen LogP contribution in [0.5, 0.6) is 0 Å². The molecule has 78 valence electrons. The Labute approximate surface area is 82.3 Å². The zero-order valence-electron chi connectivity index (χ0n) is 8.14. The van der Waals surface area contributed by atoms with Crippen LogP contribution in [0, 0.1) is 0 Å². The van der Waals surface area contributed by atoms with Crippen LogP contribution in [0.1, 0.15) is 19.8 Å². The number of carboxylic acid groups (broad SMARTS) is 1. The second-order valence-corrected chi connectivity index (χ2v) is 4.04.